The number of ether oxygens (including phenoxy) is 2. The zero-order chi connectivity index (χ0) is 16.9. The molecular weight excluding hydrogens is 310 g/mol. The third-order valence-electron chi connectivity index (χ3n) is 4.35. The molecule has 1 fully saturated rings. The maximum Gasteiger partial charge on any atom is 0.253 e. The van der Waals surface area contributed by atoms with Crippen LogP contribution in [0.2, 0.25) is 0 Å². The molecule has 3 rings (SSSR count). The van der Waals surface area contributed by atoms with Gasteiger partial charge in [0.2, 0.25) is 12.7 Å². The molecule has 1 aromatic rings. The van der Waals surface area contributed by atoms with Gasteiger partial charge in [0.05, 0.1) is 6.07 Å². The summed E-state index contributed by atoms with van der Waals surface area (Å²) in [6, 6.07) is 7.06. The fraction of sp³-hybridized carbons (Fsp3) is 0.471. The molecule has 0 radical (unpaired) electrons. The van der Waals surface area contributed by atoms with Gasteiger partial charge in [0, 0.05) is 25.2 Å². The van der Waals surface area contributed by atoms with Crippen LogP contribution >= 0.6 is 0 Å². The summed E-state index contributed by atoms with van der Waals surface area (Å²) in [5.41, 5.74) is 0.597. The number of likely N-dealkylation sites (tertiary alicyclic amines) is 1. The average molecular weight is 329 g/mol. The molecule has 0 atom stereocenters. The van der Waals surface area contributed by atoms with E-state index < -0.39 is 0 Å². The predicted molar refractivity (Wildman–Crippen MR) is 84.4 cm³/mol. The largest absolute Gasteiger partial charge is 0.454 e. The van der Waals surface area contributed by atoms with Gasteiger partial charge < -0.3 is 19.7 Å². The van der Waals surface area contributed by atoms with Gasteiger partial charge in [-0.1, -0.05) is 0 Å². The van der Waals surface area contributed by atoms with Crippen molar-refractivity contribution < 1.29 is 19.1 Å². The molecule has 0 saturated carbocycles. The van der Waals surface area contributed by atoms with Gasteiger partial charge in [-0.3, -0.25) is 9.59 Å². The summed E-state index contributed by atoms with van der Waals surface area (Å²) >= 11 is 0. The highest BCUT2D eigenvalue weighted by molar-refractivity contribution is 5.95. The number of benzene rings is 1. The molecule has 0 spiro atoms. The number of amides is 2. The monoisotopic (exact) mass is 329 g/mol. The Hall–Kier alpha value is -2.75. The molecule has 2 aliphatic heterocycles. The van der Waals surface area contributed by atoms with Crippen molar-refractivity contribution in [3.63, 3.8) is 0 Å². The van der Waals surface area contributed by atoms with E-state index in [4.69, 9.17) is 14.7 Å². The summed E-state index contributed by atoms with van der Waals surface area (Å²) in [4.78, 5) is 25.7. The van der Waals surface area contributed by atoms with E-state index in [1.165, 1.54) is 0 Å². The van der Waals surface area contributed by atoms with Crippen molar-refractivity contribution in [2.24, 2.45) is 5.92 Å². The number of carbonyl (C=O) groups is 2. The lowest BCUT2D eigenvalue weighted by Gasteiger charge is -2.32. The number of rotatable bonds is 4. The topological polar surface area (TPSA) is 91.7 Å². The van der Waals surface area contributed by atoms with Crippen molar-refractivity contribution in [2.75, 3.05) is 26.4 Å². The van der Waals surface area contributed by atoms with Crippen molar-refractivity contribution in [3.05, 3.63) is 23.8 Å². The van der Waals surface area contributed by atoms with E-state index in [0.29, 0.717) is 42.6 Å². The number of carbonyl (C=O) groups excluding carboxylic acids is 2. The molecule has 7 heteroatoms. The number of hydrogen-bond acceptors (Lipinski definition) is 5. The minimum absolute atomic E-state index is 0.0136. The second kappa shape index (κ2) is 7.21. The van der Waals surface area contributed by atoms with Crippen LogP contribution in [0.25, 0.3) is 0 Å². The van der Waals surface area contributed by atoms with E-state index in [1.807, 2.05) is 11.0 Å². The number of hydrogen-bond donors (Lipinski definition) is 1. The second-order valence-corrected chi connectivity index (χ2v) is 5.94. The van der Waals surface area contributed by atoms with Crippen molar-refractivity contribution in [1.82, 2.24) is 10.2 Å². The van der Waals surface area contributed by atoms with Gasteiger partial charge in [-0.25, -0.2) is 0 Å². The molecule has 0 aliphatic carbocycles. The first-order chi connectivity index (χ1) is 11.7. The number of piperidine rings is 1. The van der Waals surface area contributed by atoms with Crippen LogP contribution in [0.5, 0.6) is 11.5 Å². The lowest BCUT2D eigenvalue weighted by atomic mass is 9.96. The summed E-state index contributed by atoms with van der Waals surface area (Å²) in [6.45, 7) is 2.07. The Morgan fingerprint density at radius 1 is 1.25 bits per heavy atom. The molecule has 7 nitrogen and oxygen atoms in total. The summed E-state index contributed by atoms with van der Waals surface area (Å²) in [6.07, 6.45) is 1.56. The molecule has 1 N–H and O–H groups in total. The van der Waals surface area contributed by atoms with Crippen LogP contribution in [0.1, 0.15) is 29.6 Å². The van der Waals surface area contributed by atoms with E-state index in [2.05, 4.69) is 5.32 Å². The number of nitrogens with zero attached hydrogens (tertiary/aromatic N) is 2. The van der Waals surface area contributed by atoms with Crippen LogP contribution in [-0.4, -0.2) is 43.1 Å². The normalized spacial score (nSPS) is 16.5. The Balaban J connectivity index is 1.50. The summed E-state index contributed by atoms with van der Waals surface area (Å²) < 4.78 is 10.6. The molecule has 0 aromatic heterocycles. The first kappa shape index (κ1) is 16.1. The van der Waals surface area contributed by atoms with Crippen LogP contribution in [0.3, 0.4) is 0 Å². The first-order valence-corrected chi connectivity index (χ1v) is 8.00. The highest BCUT2D eigenvalue weighted by Gasteiger charge is 2.25. The Morgan fingerprint density at radius 2 is 2.00 bits per heavy atom. The van der Waals surface area contributed by atoms with Crippen molar-refractivity contribution in [2.45, 2.75) is 19.3 Å². The molecule has 0 bridgehead atoms. The SMILES string of the molecule is N#CCC(=O)NCC1CCN(C(=O)c2ccc3c(c2)OCO3)CC1. The third kappa shape index (κ3) is 3.59. The molecular formula is C17H19N3O4. The zero-order valence-electron chi connectivity index (χ0n) is 13.3. The minimum atomic E-state index is -0.239. The minimum Gasteiger partial charge on any atom is -0.454 e. The second-order valence-electron chi connectivity index (χ2n) is 5.94. The highest BCUT2D eigenvalue weighted by Crippen LogP contribution is 2.33. The van der Waals surface area contributed by atoms with Gasteiger partial charge in [-0.15, -0.1) is 0 Å². The molecule has 24 heavy (non-hydrogen) atoms. The fourth-order valence-electron chi connectivity index (χ4n) is 2.94. The van der Waals surface area contributed by atoms with Crippen molar-refractivity contribution in [3.8, 4) is 17.6 Å². The van der Waals surface area contributed by atoms with E-state index >= 15 is 0 Å². The van der Waals surface area contributed by atoms with Gasteiger partial charge >= 0.3 is 0 Å². The molecule has 2 amide bonds. The van der Waals surface area contributed by atoms with Gasteiger partial charge in [0.25, 0.3) is 5.91 Å². The van der Waals surface area contributed by atoms with Crippen LogP contribution < -0.4 is 14.8 Å². The first-order valence-electron chi connectivity index (χ1n) is 8.00. The van der Waals surface area contributed by atoms with Crippen LogP contribution in [0, 0.1) is 17.2 Å². The van der Waals surface area contributed by atoms with Crippen LogP contribution in [-0.2, 0) is 4.79 Å². The summed E-state index contributed by atoms with van der Waals surface area (Å²) in [5.74, 6) is 1.36. The zero-order valence-corrected chi connectivity index (χ0v) is 13.3. The van der Waals surface area contributed by atoms with Crippen LogP contribution in [0.15, 0.2) is 18.2 Å². The number of nitriles is 1. The summed E-state index contributed by atoms with van der Waals surface area (Å²) in [5, 5.41) is 11.2. The Kier molecular flexibility index (Phi) is 4.85. The molecule has 126 valence electrons. The molecule has 1 aromatic carbocycles. The maximum atomic E-state index is 12.6. The van der Waals surface area contributed by atoms with Gasteiger partial charge in [-0.2, -0.15) is 5.26 Å². The molecule has 2 aliphatic rings. The standard InChI is InChI=1S/C17H19N3O4/c18-6-3-16(21)19-10-12-4-7-20(8-5-12)17(22)13-1-2-14-15(9-13)24-11-23-14/h1-2,9,12H,3-5,7-8,10-11H2,(H,19,21). The van der Waals surface area contributed by atoms with Crippen LogP contribution in [0.4, 0.5) is 0 Å². The number of fused-ring (bicyclic) bond motifs is 1. The Labute approximate surface area is 140 Å². The average Bonchev–Trinajstić information content (AvgIpc) is 3.08. The Bertz CT molecular complexity index is 675. The van der Waals surface area contributed by atoms with E-state index in [9.17, 15) is 9.59 Å². The van der Waals surface area contributed by atoms with Gasteiger partial charge in [0.1, 0.15) is 6.42 Å². The Morgan fingerprint density at radius 3 is 2.75 bits per heavy atom. The summed E-state index contributed by atoms with van der Waals surface area (Å²) in [7, 11) is 0. The van der Waals surface area contributed by atoms with Crippen molar-refractivity contribution in [1.29, 1.82) is 5.26 Å². The van der Waals surface area contributed by atoms with Gasteiger partial charge in [0.15, 0.2) is 11.5 Å². The van der Waals surface area contributed by atoms with Crippen molar-refractivity contribution >= 4 is 11.8 Å². The van der Waals surface area contributed by atoms with E-state index in [-0.39, 0.29) is 25.0 Å². The lowest BCUT2D eigenvalue weighted by Crippen LogP contribution is -2.41. The maximum absolute atomic E-state index is 12.6. The molecule has 0 unspecified atom stereocenters. The smallest absolute Gasteiger partial charge is 0.253 e. The van der Waals surface area contributed by atoms with E-state index in [1.54, 1.807) is 18.2 Å². The highest BCUT2D eigenvalue weighted by atomic mass is 16.7. The third-order valence-corrected chi connectivity index (χ3v) is 4.35. The molecule has 2 heterocycles. The lowest BCUT2D eigenvalue weighted by molar-refractivity contribution is -0.120. The van der Waals surface area contributed by atoms with Gasteiger partial charge in [-0.05, 0) is 37.0 Å². The predicted octanol–water partition coefficient (Wildman–Crippen LogP) is 1.30. The number of nitrogens with one attached hydrogen (secondary N) is 1. The fourth-order valence-corrected chi connectivity index (χ4v) is 2.94. The molecule has 1 saturated heterocycles. The quantitative estimate of drug-likeness (QED) is 0.899. The van der Waals surface area contributed by atoms with E-state index in [0.717, 1.165) is 12.8 Å².